The number of likely N-dealkylation sites (tertiary alicyclic amines) is 1. The predicted molar refractivity (Wildman–Crippen MR) is 86.1 cm³/mol. The molecule has 1 aromatic carbocycles. The van der Waals surface area contributed by atoms with Gasteiger partial charge in [0, 0.05) is 19.1 Å². The van der Waals surface area contributed by atoms with Gasteiger partial charge >= 0.3 is 0 Å². The van der Waals surface area contributed by atoms with Crippen molar-refractivity contribution in [2.75, 3.05) is 33.9 Å². The lowest BCUT2D eigenvalue weighted by molar-refractivity contribution is 0.174. The Morgan fingerprint density at radius 2 is 2.14 bits per heavy atom. The smallest absolute Gasteiger partial charge is 0.161 e. The normalized spacial score (nSPS) is 23.0. The van der Waals surface area contributed by atoms with Crippen LogP contribution in [0.4, 0.5) is 0 Å². The Balaban J connectivity index is 1.94. The number of nitrogens with one attached hydrogen (secondary N) is 1. The van der Waals surface area contributed by atoms with Crippen LogP contribution >= 0.6 is 0 Å². The van der Waals surface area contributed by atoms with E-state index in [0.29, 0.717) is 18.6 Å². The summed E-state index contributed by atoms with van der Waals surface area (Å²) in [6.07, 6.45) is 1.21. The Kier molecular flexibility index (Phi) is 5.88. The molecule has 0 radical (unpaired) electrons. The third-order valence-electron chi connectivity index (χ3n) is 4.20. The van der Waals surface area contributed by atoms with E-state index in [0.717, 1.165) is 18.0 Å². The van der Waals surface area contributed by atoms with Crippen LogP contribution in [0.1, 0.15) is 25.8 Å². The molecule has 0 bridgehead atoms. The van der Waals surface area contributed by atoms with Crippen LogP contribution in [0, 0.1) is 5.92 Å². The van der Waals surface area contributed by atoms with E-state index in [1.54, 1.807) is 7.11 Å². The SMILES string of the molecule is CCOc1ccc(CNC2CCN(C)CC2C)cc1OC. The molecule has 0 aromatic heterocycles. The molecule has 0 aliphatic carbocycles. The van der Waals surface area contributed by atoms with E-state index in [1.165, 1.54) is 25.1 Å². The summed E-state index contributed by atoms with van der Waals surface area (Å²) in [6.45, 7) is 8.18. The molecule has 21 heavy (non-hydrogen) atoms. The van der Waals surface area contributed by atoms with Crippen LogP contribution in [0.3, 0.4) is 0 Å². The summed E-state index contributed by atoms with van der Waals surface area (Å²) in [7, 11) is 3.89. The van der Waals surface area contributed by atoms with Crippen molar-refractivity contribution in [1.29, 1.82) is 0 Å². The first-order valence-corrected chi connectivity index (χ1v) is 7.85. The number of methoxy groups -OCH3 is 1. The lowest BCUT2D eigenvalue weighted by Crippen LogP contribution is -2.46. The highest BCUT2D eigenvalue weighted by molar-refractivity contribution is 5.42. The van der Waals surface area contributed by atoms with E-state index in [1.807, 2.05) is 13.0 Å². The van der Waals surface area contributed by atoms with Gasteiger partial charge in [-0.15, -0.1) is 0 Å². The summed E-state index contributed by atoms with van der Waals surface area (Å²) >= 11 is 0. The van der Waals surface area contributed by atoms with Crippen molar-refractivity contribution < 1.29 is 9.47 Å². The summed E-state index contributed by atoms with van der Waals surface area (Å²) in [5.41, 5.74) is 1.24. The molecule has 1 saturated heterocycles. The highest BCUT2D eigenvalue weighted by atomic mass is 16.5. The van der Waals surface area contributed by atoms with Crippen LogP contribution in [0.25, 0.3) is 0 Å². The molecule has 2 atom stereocenters. The molecular formula is C17H28N2O2. The number of benzene rings is 1. The van der Waals surface area contributed by atoms with Crippen molar-refractivity contribution in [2.24, 2.45) is 5.92 Å². The molecule has 2 rings (SSSR count). The fourth-order valence-electron chi connectivity index (χ4n) is 3.00. The summed E-state index contributed by atoms with van der Waals surface area (Å²) in [6, 6.07) is 6.77. The predicted octanol–water partition coefficient (Wildman–Crippen LogP) is 2.52. The minimum absolute atomic E-state index is 0.596. The van der Waals surface area contributed by atoms with Crippen molar-refractivity contribution in [2.45, 2.75) is 32.9 Å². The zero-order valence-corrected chi connectivity index (χ0v) is 13.7. The molecule has 0 saturated carbocycles. The molecule has 1 N–H and O–H groups in total. The van der Waals surface area contributed by atoms with E-state index in [4.69, 9.17) is 9.47 Å². The van der Waals surface area contributed by atoms with Gasteiger partial charge in [-0.25, -0.2) is 0 Å². The summed E-state index contributed by atoms with van der Waals surface area (Å²) in [5, 5.41) is 3.69. The molecule has 0 amide bonds. The van der Waals surface area contributed by atoms with E-state index in [9.17, 15) is 0 Å². The van der Waals surface area contributed by atoms with Gasteiger partial charge in [0.25, 0.3) is 0 Å². The van der Waals surface area contributed by atoms with E-state index < -0.39 is 0 Å². The monoisotopic (exact) mass is 292 g/mol. The fraction of sp³-hybridized carbons (Fsp3) is 0.647. The van der Waals surface area contributed by atoms with Gasteiger partial charge in [-0.3, -0.25) is 0 Å². The largest absolute Gasteiger partial charge is 0.493 e. The molecule has 118 valence electrons. The minimum atomic E-state index is 0.596. The maximum absolute atomic E-state index is 5.56. The second kappa shape index (κ2) is 7.66. The highest BCUT2D eigenvalue weighted by Crippen LogP contribution is 2.28. The number of ether oxygens (including phenoxy) is 2. The third-order valence-corrected chi connectivity index (χ3v) is 4.20. The summed E-state index contributed by atoms with van der Waals surface area (Å²) in [4.78, 5) is 2.41. The van der Waals surface area contributed by atoms with E-state index in [2.05, 4.69) is 36.3 Å². The van der Waals surface area contributed by atoms with Crippen LogP contribution < -0.4 is 14.8 Å². The number of rotatable bonds is 6. The molecule has 1 aliphatic rings. The van der Waals surface area contributed by atoms with E-state index in [-0.39, 0.29) is 0 Å². The average Bonchev–Trinajstić information content (AvgIpc) is 2.47. The van der Waals surface area contributed by atoms with Crippen LogP contribution in [-0.2, 0) is 6.54 Å². The number of hydrogen-bond donors (Lipinski definition) is 1. The first kappa shape index (κ1) is 16.1. The molecule has 4 nitrogen and oxygen atoms in total. The Labute approximate surface area is 128 Å². The second-order valence-electron chi connectivity index (χ2n) is 5.93. The van der Waals surface area contributed by atoms with Crippen molar-refractivity contribution in [3.05, 3.63) is 23.8 Å². The number of piperidine rings is 1. The second-order valence-corrected chi connectivity index (χ2v) is 5.93. The van der Waals surface area contributed by atoms with Gasteiger partial charge < -0.3 is 19.7 Å². The molecule has 1 heterocycles. The first-order chi connectivity index (χ1) is 10.1. The Hall–Kier alpha value is -1.26. The highest BCUT2D eigenvalue weighted by Gasteiger charge is 2.23. The fourth-order valence-corrected chi connectivity index (χ4v) is 3.00. The summed E-state index contributed by atoms with van der Waals surface area (Å²) < 4.78 is 11.0. The number of nitrogens with zero attached hydrogens (tertiary/aromatic N) is 1. The molecular weight excluding hydrogens is 264 g/mol. The molecule has 2 unspecified atom stereocenters. The molecule has 1 aromatic rings. The van der Waals surface area contributed by atoms with Crippen LogP contribution in [-0.4, -0.2) is 44.8 Å². The van der Waals surface area contributed by atoms with Crippen molar-refractivity contribution in [1.82, 2.24) is 10.2 Å². The van der Waals surface area contributed by atoms with Gasteiger partial charge in [0.05, 0.1) is 13.7 Å². The molecule has 1 fully saturated rings. The van der Waals surface area contributed by atoms with Crippen LogP contribution in [0.15, 0.2) is 18.2 Å². The Morgan fingerprint density at radius 1 is 1.33 bits per heavy atom. The van der Waals surface area contributed by atoms with Crippen molar-refractivity contribution in [3.8, 4) is 11.5 Å². The average molecular weight is 292 g/mol. The standard InChI is InChI=1S/C17H28N2O2/c1-5-21-16-7-6-14(10-17(16)20-4)11-18-15-8-9-19(3)12-13(15)2/h6-7,10,13,15,18H,5,8-9,11-12H2,1-4H3. The topological polar surface area (TPSA) is 33.7 Å². The lowest BCUT2D eigenvalue weighted by atomic mass is 9.94. The van der Waals surface area contributed by atoms with Crippen LogP contribution in [0.2, 0.25) is 0 Å². The quantitative estimate of drug-likeness (QED) is 0.873. The third kappa shape index (κ3) is 4.35. The van der Waals surface area contributed by atoms with Crippen molar-refractivity contribution in [3.63, 3.8) is 0 Å². The summed E-state index contributed by atoms with van der Waals surface area (Å²) in [5.74, 6) is 2.32. The van der Waals surface area contributed by atoms with Gasteiger partial charge in [0.2, 0.25) is 0 Å². The van der Waals surface area contributed by atoms with Crippen molar-refractivity contribution >= 4 is 0 Å². The zero-order chi connectivity index (χ0) is 15.2. The van der Waals surface area contributed by atoms with E-state index >= 15 is 0 Å². The van der Waals surface area contributed by atoms with Gasteiger partial charge in [-0.05, 0) is 50.6 Å². The zero-order valence-electron chi connectivity index (χ0n) is 13.7. The van der Waals surface area contributed by atoms with Gasteiger partial charge in [0.1, 0.15) is 0 Å². The Bertz CT molecular complexity index is 450. The number of hydrogen-bond acceptors (Lipinski definition) is 4. The molecule has 1 aliphatic heterocycles. The van der Waals surface area contributed by atoms with Gasteiger partial charge in [0.15, 0.2) is 11.5 Å². The maximum atomic E-state index is 5.56. The molecule has 0 spiro atoms. The maximum Gasteiger partial charge on any atom is 0.161 e. The minimum Gasteiger partial charge on any atom is -0.493 e. The van der Waals surface area contributed by atoms with Gasteiger partial charge in [-0.2, -0.15) is 0 Å². The first-order valence-electron chi connectivity index (χ1n) is 7.85. The van der Waals surface area contributed by atoms with Crippen LogP contribution in [0.5, 0.6) is 11.5 Å². The lowest BCUT2D eigenvalue weighted by Gasteiger charge is -2.35. The Morgan fingerprint density at radius 3 is 2.81 bits per heavy atom. The molecule has 4 heteroatoms. The van der Waals surface area contributed by atoms with Gasteiger partial charge in [-0.1, -0.05) is 13.0 Å².